The molecule has 0 unspecified atom stereocenters. The van der Waals surface area contributed by atoms with Crippen molar-refractivity contribution < 1.29 is 0 Å². The summed E-state index contributed by atoms with van der Waals surface area (Å²) in [6.07, 6.45) is 4.22. The Balaban J connectivity index is 0.000000162. The van der Waals surface area contributed by atoms with Crippen molar-refractivity contribution >= 4 is 17.8 Å². The highest BCUT2D eigenvalue weighted by molar-refractivity contribution is 5.33. The van der Waals surface area contributed by atoms with Gasteiger partial charge in [0, 0.05) is 0 Å². The first-order valence-electron chi connectivity index (χ1n) is 4.91. The van der Waals surface area contributed by atoms with Gasteiger partial charge in [-0.3, -0.25) is 0 Å². The number of rotatable bonds is 0. The summed E-state index contributed by atoms with van der Waals surface area (Å²) in [4.78, 5) is 10.5. The third-order valence-electron chi connectivity index (χ3n) is 1.89. The maximum atomic E-state index is 5.14. The van der Waals surface area contributed by atoms with Gasteiger partial charge in [0.1, 0.15) is 0 Å². The van der Waals surface area contributed by atoms with Crippen LogP contribution in [-0.2, 0) is 0 Å². The van der Waals surface area contributed by atoms with Gasteiger partial charge in [-0.25, -0.2) is 0 Å². The normalized spacial score (nSPS) is 15.2. The number of aromatic nitrogens is 3. The summed E-state index contributed by atoms with van der Waals surface area (Å²) in [5.74, 6) is 0.125. The first-order valence-corrected chi connectivity index (χ1v) is 4.91. The van der Waals surface area contributed by atoms with E-state index in [1.807, 2.05) is 0 Å². The van der Waals surface area contributed by atoms with Crippen LogP contribution in [0.15, 0.2) is 0 Å². The second kappa shape index (κ2) is 5.97. The van der Waals surface area contributed by atoms with Crippen LogP contribution < -0.4 is 22.5 Å². The lowest BCUT2D eigenvalue weighted by Gasteiger charge is -2.08. The van der Waals surface area contributed by atoms with Crippen LogP contribution in [0, 0.1) is 0 Å². The van der Waals surface area contributed by atoms with Gasteiger partial charge >= 0.3 is 0 Å². The Morgan fingerprint density at radius 3 is 1.33 bits per heavy atom. The fourth-order valence-electron chi connectivity index (χ4n) is 1.23. The number of hydrogen-bond donors (Lipinski definition) is 4. The molecular weight excluding hydrogens is 194 g/mol. The fraction of sp³-hybridized carbons (Fsp3) is 0.625. The first-order chi connectivity index (χ1) is 7.18. The Morgan fingerprint density at radius 1 is 0.733 bits per heavy atom. The molecule has 1 saturated heterocycles. The molecule has 0 aliphatic carbocycles. The predicted octanol–water partition coefficient (Wildman–Crippen LogP) is -0.622. The molecule has 84 valence electrons. The molecule has 0 atom stereocenters. The van der Waals surface area contributed by atoms with E-state index >= 15 is 0 Å². The molecule has 2 rings (SSSR count). The lowest BCUT2D eigenvalue weighted by molar-refractivity contribution is 0.520. The maximum absolute atomic E-state index is 5.14. The minimum absolute atomic E-state index is 0.0417. The smallest absolute Gasteiger partial charge is 0.226 e. The third-order valence-corrected chi connectivity index (χ3v) is 1.89. The number of nitrogens with one attached hydrogen (secondary N) is 1. The maximum Gasteiger partial charge on any atom is 0.226 e. The van der Waals surface area contributed by atoms with E-state index in [2.05, 4.69) is 20.3 Å². The van der Waals surface area contributed by atoms with Crippen LogP contribution in [0.25, 0.3) is 0 Å². The second-order valence-electron chi connectivity index (χ2n) is 3.22. The van der Waals surface area contributed by atoms with E-state index < -0.39 is 0 Å². The summed E-state index contributed by atoms with van der Waals surface area (Å²) < 4.78 is 0. The number of nitrogens with zero attached hydrogens (tertiary/aromatic N) is 3. The Hall–Kier alpha value is -1.63. The molecule has 0 saturated carbocycles. The zero-order valence-corrected chi connectivity index (χ0v) is 8.61. The fourth-order valence-corrected chi connectivity index (χ4v) is 1.23. The standard InChI is InChI=1S/C5H11N.C3H6N6/c1-2-4-6-5-3-1;4-1-7-2(5)9-3(6)8-1/h6H,1-5H2;(H6,4,5,6,7,8,9). The molecule has 2 heterocycles. The summed E-state index contributed by atoms with van der Waals surface area (Å²) >= 11 is 0. The van der Waals surface area contributed by atoms with Crippen molar-refractivity contribution in [1.82, 2.24) is 20.3 Å². The minimum Gasteiger partial charge on any atom is -0.368 e. The molecule has 0 aromatic carbocycles. The average Bonchev–Trinajstić information content (AvgIpc) is 2.19. The van der Waals surface area contributed by atoms with Crippen molar-refractivity contribution in [3.05, 3.63) is 0 Å². The van der Waals surface area contributed by atoms with Gasteiger partial charge in [-0.1, -0.05) is 6.42 Å². The van der Waals surface area contributed by atoms with Crippen molar-refractivity contribution in [2.75, 3.05) is 30.3 Å². The van der Waals surface area contributed by atoms with Crippen LogP contribution in [0.1, 0.15) is 19.3 Å². The van der Waals surface area contributed by atoms with E-state index in [0.29, 0.717) is 0 Å². The van der Waals surface area contributed by atoms with E-state index in [9.17, 15) is 0 Å². The summed E-state index contributed by atoms with van der Waals surface area (Å²) in [5, 5.41) is 3.28. The lowest BCUT2D eigenvalue weighted by Crippen LogP contribution is -2.21. The van der Waals surface area contributed by atoms with Crippen molar-refractivity contribution in [1.29, 1.82) is 0 Å². The summed E-state index contributed by atoms with van der Waals surface area (Å²) in [6.45, 7) is 2.50. The summed E-state index contributed by atoms with van der Waals surface area (Å²) in [6, 6.07) is 0. The molecule has 7 heteroatoms. The number of piperidine rings is 1. The van der Waals surface area contributed by atoms with Crippen LogP contribution in [-0.4, -0.2) is 28.0 Å². The molecule has 1 fully saturated rings. The summed E-state index contributed by atoms with van der Waals surface area (Å²) in [7, 11) is 0. The molecule has 1 aliphatic heterocycles. The topological polar surface area (TPSA) is 129 Å². The van der Waals surface area contributed by atoms with Crippen LogP contribution >= 0.6 is 0 Å². The minimum atomic E-state index is 0.0417. The second-order valence-corrected chi connectivity index (χ2v) is 3.22. The third kappa shape index (κ3) is 4.96. The molecule has 0 bridgehead atoms. The van der Waals surface area contributed by atoms with E-state index in [-0.39, 0.29) is 17.8 Å². The Morgan fingerprint density at radius 2 is 1.13 bits per heavy atom. The van der Waals surface area contributed by atoms with Crippen LogP contribution in [0.4, 0.5) is 17.8 Å². The molecule has 1 aromatic rings. The molecule has 1 aromatic heterocycles. The number of hydrogen-bond acceptors (Lipinski definition) is 7. The van der Waals surface area contributed by atoms with Gasteiger partial charge in [-0.15, -0.1) is 0 Å². The Kier molecular flexibility index (Phi) is 4.55. The van der Waals surface area contributed by atoms with Gasteiger partial charge in [-0.2, -0.15) is 15.0 Å². The number of nitrogens with two attached hydrogens (primary N) is 3. The van der Waals surface area contributed by atoms with Gasteiger partial charge in [0.05, 0.1) is 0 Å². The number of anilines is 3. The predicted molar refractivity (Wildman–Crippen MR) is 59.8 cm³/mol. The van der Waals surface area contributed by atoms with Crippen molar-refractivity contribution in [3.63, 3.8) is 0 Å². The Labute approximate surface area is 88.5 Å². The summed E-state index contributed by atoms with van der Waals surface area (Å²) in [5.41, 5.74) is 15.4. The van der Waals surface area contributed by atoms with Crippen LogP contribution in [0.2, 0.25) is 0 Å². The van der Waals surface area contributed by atoms with Gasteiger partial charge in [0.2, 0.25) is 17.8 Å². The zero-order valence-electron chi connectivity index (χ0n) is 8.61. The molecule has 0 amide bonds. The monoisotopic (exact) mass is 211 g/mol. The van der Waals surface area contributed by atoms with E-state index in [1.54, 1.807) is 0 Å². The molecular formula is C8H17N7. The first kappa shape index (κ1) is 11.4. The molecule has 0 spiro atoms. The van der Waals surface area contributed by atoms with Crippen molar-refractivity contribution in [2.24, 2.45) is 0 Å². The molecule has 7 N–H and O–H groups in total. The highest BCUT2D eigenvalue weighted by Crippen LogP contribution is 1.97. The highest BCUT2D eigenvalue weighted by atomic mass is 15.2. The largest absolute Gasteiger partial charge is 0.368 e. The average molecular weight is 211 g/mol. The van der Waals surface area contributed by atoms with Gasteiger partial charge in [0.15, 0.2) is 0 Å². The molecule has 7 nitrogen and oxygen atoms in total. The Bertz CT molecular complexity index is 235. The molecule has 0 radical (unpaired) electrons. The molecule has 1 aliphatic rings. The van der Waals surface area contributed by atoms with Crippen molar-refractivity contribution in [3.8, 4) is 0 Å². The van der Waals surface area contributed by atoms with E-state index in [1.165, 1.54) is 32.4 Å². The molecule has 15 heavy (non-hydrogen) atoms. The van der Waals surface area contributed by atoms with E-state index in [0.717, 1.165) is 0 Å². The van der Waals surface area contributed by atoms with Crippen LogP contribution in [0.5, 0.6) is 0 Å². The number of nitrogen functional groups attached to an aromatic ring is 3. The SMILES string of the molecule is C1CCNCC1.Nc1nc(N)nc(N)n1. The highest BCUT2D eigenvalue weighted by Gasteiger charge is 1.94. The van der Waals surface area contributed by atoms with Gasteiger partial charge in [-0.05, 0) is 25.9 Å². The lowest BCUT2D eigenvalue weighted by atomic mass is 10.2. The van der Waals surface area contributed by atoms with Gasteiger partial charge in [0.25, 0.3) is 0 Å². The van der Waals surface area contributed by atoms with Crippen LogP contribution in [0.3, 0.4) is 0 Å². The zero-order chi connectivity index (χ0) is 11.1. The van der Waals surface area contributed by atoms with Crippen molar-refractivity contribution in [2.45, 2.75) is 19.3 Å². The van der Waals surface area contributed by atoms with Gasteiger partial charge < -0.3 is 22.5 Å². The van der Waals surface area contributed by atoms with E-state index in [4.69, 9.17) is 17.2 Å². The quantitative estimate of drug-likeness (QED) is 0.450.